The van der Waals surface area contributed by atoms with Crippen molar-refractivity contribution >= 4 is 5.91 Å². The second kappa shape index (κ2) is 5.37. The normalized spacial score (nSPS) is 9.75. The Labute approximate surface area is 94.7 Å². The van der Waals surface area contributed by atoms with Crippen LogP contribution in [0.15, 0.2) is 12.1 Å². The molecule has 1 aromatic carbocycles. The number of carbonyl (C=O) groups is 1. The molecule has 16 heavy (non-hydrogen) atoms. The molecule has 0 saturated heterocycles. The Balaban J connectivity index is 3.20. The second-order valence-electron chi connectivity index (χ2n) is 3.18. The highest BCUT2D eigenvalue weighted by molar-refractivity contribution is 5.97. The standard InChI is InChI=1S/C11H16N2O3/c1-7-9(15-3)6-5-8(10(7)16-4)11(14)13-12-2/h5-6,12H,1-4H3,(H,13,14). The number of carbonyl (C=O) groups excluding carboxylic acids is 1. The van der Waals surface area contributed by atoms with Crippen LogP contribution in [-0.4, -0.2) is 27.2 Å². The van der Waals surface area contributed by atoms with Crippen molar-refractivity contribution in [1.29, 1.82) is 0 Å². The first-order chi connectivity index (χ1) is 7.65. The lowest BCUT2D eigenvalue weighted by Gasteiger charge is -2.13. The number of hydrazine groups is 1. The molecule has 0 aliphatic rings. The SMILES string of the molecule is CNNC(=O)c1ccc(OC)c(C)c1OC. The van der Waals surface area contributed by atoms with Gasteiger partial charge in [0, 0.05) is 12.6 Å². The van der Waals surface area contributed by atoms with Crippen LogP contribution in [0.5, 0.6) is 11.5 Å². The zero-order valence-corrected chi connectivity index (χ0v) is 9.88. The molecule has 1 aromatic rings. The number of rotatable bonds is 4. The number of benzene rings is 1. The summed E-state index contributed by atoms with van der Waals surface area (Å²) < 4.78 is 10.4. The minimum absolute atomic E-state index is 0.245. The summed E-state index contributed by atoms with van der Waals surface area (Å²) in [6.45, 7) is 1.84. The van der Waals surface area contributed by atoms with E-state index >= 15 is 0 Å². The van der Waals surface area contributed by atoms with Crippen LogP contribution >= 0.6 is 0 Å². The predicted molar refractivity (Wildman–Crippen MR) is 60.8 cm³/mol. The Morgan fingerprint density at radius 1 is 1.25 bits per heavy atom. The number of hydrogen-bond acceptors (Lipinski definition) is 4. The summed E-state index contributed by atoms with van der Waals surface area (Å²) >= 11 is 0. The maximum atomic E-state index is 11.7. The first kappa shape index (κ1) is 12.3. The zero-order valence-electron chi connectivity index (χ0n) is 9.88. The number of nitrogens with one attached hydrogen (secondary N) is 2. The maximum Gasteiger partial charge on any atom is 0.269 e. The van der Waals surface area contributed by atoms with Gasteiger partial charge in [-0.3, -0.25) is 10.2 Å². The highest BCUT2D eigenvalue weighted by Gasteiger charge is 2.16. The van der Waals surface area contributed by atoms with E-state index in [2.05, 4.69) is 10.9 Å². The molecular weight excluding hydrogens is 208 g/mol. The Morgan fingerprint density at radius 3 is 2.44 bits per heavy atom. The molecule has 1 rings (SSSR count). The molecule has 1 amide bonds. The number of methoxy groups -OCH3 is 2. The lowest BCUT2D eigenvalue weighted by Crippen LogP contribution is -2.34. The largest absolute Gasteiger partial charge is 0.496 e. The first-order valence-corrected chi connectivity index (χ1v) is 4.84. The fourth-order valence-corrected chi connectivity index (χ4v) is 1.52. The second-order valence-corrected chi connectivity index (χ2v) is 3.18. The lowest BCUT2D eigenvalue weighted by atomic mass is 10.1. The quantitative estimate of drug-likeness (QED) is 0.745. The minimum atomic E-state index is -0.245. The lowest BCUT2D eigenvalue weighted by molar-refractivity contribution is 0.0934. The van der Waals surface area contributed by atoms with Crippen molar-refractivity contribution in [3.63, 3.8) is 0 Å². The molecule has 5 heteroatoms. The van der Waals surface area contributed by atoms with Crippen molar-refractivity contribution < 1.29 is 14.3 Å². The van der Waals surface area contributed by atoms with Crippen LogP contribution in [0.25, 0.3) is 0 Å². The van der Waals surface area contributed by atoms with E-state index in [9.17, 15) is 4.79 Å². The fraction of sp³-hybridized carbons (Fsp3) is 0.364. The predicted octanol–water partition coefficient (Wildman–Crippen LogP) is 0.876. The van der Waals surface area contributed by atoms with Crippen molar-refractivity contribution in [1.82, 2.24) is 10.9 Å². The number of ether oxygens (including phenoxy) is 2. The van der Waals surface area contributed by atoms with E-state index in [1.54, 1.807) is 26.3 Å². The van der Waals surface area contributed by atoms with Gasteiger partial charge in [-0.25, -0.2) is 5.43 Å². The van der Waals surface area contributed by atoms with E-state index in [-0.39, 0.29) is 5.91 Å². The van der Waals surface area contributed by atoms with E-state index in [0.717, 1.165) is 5.56 Å². The number of amides is 1. The third kappa shape index (κ3) is 2.25. The van der Waals surface area contributed by atoms with Gasteiger partial charge in [-0.05, 0) is 19.1 Å². The minimum Gasteiger partial charge on any atom is -0.496 e. The van der Waals surface area contributed by atoms with Gasteiger partial charge < -0.3 is 9.47 Å². The van der Waals surface area contributed by atoms with Crippen molar-refractivity contribution in [2.75, 3.05) is 21.3 Å². The van der Waals surface area contributed by atoms with Crippen LogP contribution in [0.1, 0.15) is 15.9 Å². The summed E-state index contributed by atoms with van der Waals surface area (Å²) in [7, 11) is 4.73. The van der Waals surface area contributed by atoms with Crippen molar-refractivity contribution in [2.24, 2.45) is 0 Å². The summed E-state index contributed by atoms with van der Waals surface area (Å²) in [5, 5.41) is 0. The van der Waals surface area contributed by atoms with Gasteiger partial charge in [0.1, 0.15) is 11.5 Å². The van der Waals surface area contributed by atoms with E-state index in [1.165, 1.54) is 7.11 Å². The monoisotopic (exact) mass is 224 g/mol. The van der Waals surface area contributed by atoms with Crippen molar-refractivity contribution in [2.45, 2.75) is 6.92 Å². The van der Waals surface area contributed by atoms with Crippen LogP contribution in [0, 0.1) is 6.92 Å². The molecule has 0 saturated carbocycles. The Kier molecular flexibility index (Phi) is 4.13. The van der Waals surface area contributed by atoms with E-state index in [0.29, 0.717) is 17.1 Å². The molecule has 2 N–H and O–H groups in total. The molecule has 0 fully saturated rings. The Bertz CT molecular complexity index is 391. The van der Waals surface area contributed by atoms with Crippen LogP contribution in [-0.2, 0) is 0 Å². The summed E-state index contributed by atoms with van der Waals surface area (Å²) in [5.41, 5.74) is 6.34. The molecule has 0 bridgehead atoms. The van der Waals surface area contributed by atoms with Gasteiger partial charge in [0.25, 0.3) is 5.91 Å². The maximum absolute atomic E-state index is 11.7. The van der Waals surface area contributed by atoms with Crippen LogP contribution in [0.3, 0.4) is 0 Å². The Morgan fingerprint density at radius 2 is 1.94 bits per heavy atom. The highest BCUT2D eigenvalue weighted by Crippen LogP contribution is 2.30. The molecule has 0 radical (unpaired) electrons. The average Bonchev–Trinajstić information content (AvgIpc) is 2.28. The fourth-order valence-electron chi connectivity index (χ4n) is 1.52. The molecule has 0 heterocycles. The van der Waals surface area contributed by atoms with Gasteiger partial charge in [-0.15, -0.1) is 0 Å². The summed E-state index contributed by atoms with van der Waals surface area (Å²) in [5.74, 6) is 0.968. The van der Waals surface area contributed by atoms with Gasteiger partial charge in [-0.1, -0.05) is 0 Å². The van der Waals surface area contributed by atoms with Crippen molar-refractivity contribution in [3.05, 3.63) is 23.3 Å². The third-order valence-electron chi connectivity index (χ3n) is 2.26. The van der Waals surface area contributed by atoms with Gasteiger partial charge in [0.15, 0.2) is 0 Å². The topological polar surface area (TPSA) is 59.6 Å². The number of hydrogen-bond donors (Lipinski definition) is 2. The molecular formula is C11H16N2O3. The van der Waals surface area contributed by atoms with Gasteiger partial charge in [-0.2, -0.15) is 0 Å². The summed E-state index contributed by atoms with van der Waals surface area (Å²) in [6, 6.07) is 3.40. The molecule has 0 unspecified atom stereocenters. The molecule has 0 spiro atoms. The Hall–Kier alpha value is -1.75. The van der Waals surface area contributed by atoms with Crippen molar-refractivity contribution in [3.8, 4) is 11.5 Å². The van der Waals surface area contributed by atoms with Crippen LogP contribution in [0.2, 0.25) is 0 Å². The van der Waals surface area contributed by atoms with Gasteiger partial charge in [0.2, 0.25) is 0 Å². The molecule has 0 aromatic heterocycles. The first-order valence-electron chi connectivity index (χ1n) is 4.84. The molecule has 88 valence electrons. The van der Waals surface area contributed by atoms with E-state index < -0.39 is 0 Å². The van der Waals surface area contributed by atoms with Crippen LogP contribution < -0.4 is 20.3 Å². The third-order valence-corrected chi connectivity index (χ3v) is 2.26. The molecule has 0 aliphatic heterocycles. The van der Waals surface area contributed by atoms with Gasteiger partial charge >= 0.3 is 0 Å². The smallest absolute Gasteiger partial charge is 0.269 e. The summed E-state index contributed by atoms with van der Waals surface area (Å²) in [6.07, 6.45) is 0. The summed E-state index contributed by atoms with van der Waals surface area (Å²) in [4.78, 5) is 11.7. The van der Waals surface area contributed by atoms with E-state index in [1.807, 2.05) is 6.92 Å². The highest BCUT2D eigenvalue weighted by atomic mass is 16.5. The van der Waals surface area contributed by atoms with E-state index in [4.69, 9.17) is 9.47 Å². The molecule has 0 aliphatic carbocycles. The van der Waals surface area contributed by atoms with Gasteiger partial charge in [0.05, 0.1) is 19.8 Å². The average molecular weight is 224 g/mol. The molecule has 0 atom stereocenters. The van der Waals surface area contributed by atoms with Crippen LogP contribution in [0.4, 0.5) is 0 Å². The molecule has 5 nitrogen and oxygen atoms in total. The zero-order chi connectivity index (χ0) is 12.1.